The monoisotopic (exact) mass is 383 g/mol. The number of hydrogen-bond donors (Lipinski definition) is 1. The number of benzene rings is 1. The molecule has 1 fully saturated rings. The highest BCUT2D eigenvalue weighted by molar-refractivity contribution is 7.10. The summed E-state index contributed by atoms with van der Waals surface area (Å²) in [5, 5.41) is 4.96. The van der Waals surface area contributed by atoms with Gasteiger partial charge < -0.3 is 15.1 Å². The first-order valence-corrected chi connectivity index (χ1v) is 10.5. The van der Waals surface area contributed by atoms with Gasteiger partial charge in [-0.05, 0) is 48.8 Å². The summed E-state index contributed by atoms with van der Waals surface area (Å²) < 4.78 is 0. The number of carbonyl (C=O) groups is 2. The Morgan fingerprint density at radius 2 is 2.00 bits per heavy atom. The van der Waals surface area contributed by atoms with Gasteiger partial charge in [0.15, 0.2) is 0 Å². The summed E-state index contributed by atoms with van der Waals surface area (Å²) >= 11 is 1.77. The highest BCUT2D eigenvalue weighted by Crippen LogP contribution is 2.38. The first-order chi connectivity index (χ1) is 13.2. The van der Waals surface area contributed by atoms with E-state index in [1.807, 2.05) is 30.0 Å². The van der Waals surface area contributed by atoms with Crippen LogP contribution in [0, 0.1) is 0 Å². The molecular formula is C21H25N3O2S. The number of thiophene rings is 1. The largest absolute Gasteiger partial charge is 0.338 e. The van der Waals surface area contributed by atoms with Crippen LogP contribution in [0.5, 0.6) is 0 Å². The summed E-state index contributed by atoms with van der Waals surface area (Å²) in [7, 11) is 0. The smallest absolute Gasteiger partial charge is 0.318 e. The second-order valence-corrected chi connectivity index (χ2v) is 8.14. The number of hydrogen-bond acceptors (Lipinski definition) is 3. The molecule has 0 bridgehead atoms. The molecule has 27 heavy (non-hydrogen) atoms. The summed E-state index contributed by atoms with van der Waals surface area (Å²) in [5.74, 6) is 0.0267. The first kappa shape index (κ1) is 18.0. The van der Waals surface area contributed by atoms with Gasteiger partial charge in [0.2, 0.25) is 5.91 Å². The molecule has 2 heterocycles. The Balaban J connectivity index is 1.59. The van der Waals surface area contributed by atoms with E-state index in [4.69, 9.17) is 0 Å². The molecule has 0 saturated heterocycles. The third-order valence-corrected chi connectivity index (χ3v) is 6.28. The lowest BCUT2D eigenvalue weighted by Gasteiger charge is -2.37. The minimum absolute atomic E-state index is 0.0267. The van der Waals surface area contributed by atoms with Crippen LogP contribution in [0.2, 0.25) is 0 Å². The maximum atomic E-state index is 13.3. The van der Waals surface area contributed by atoms with E-state index in [1.165, 1.54) is 10.4 Å². The van der Waals surface area contributed by atoms with Crippen LogP contribution in [-0.2, 0) is 11.2 Å². The van der Waals surface area contributed by atoms with Gasteiger partial charge in [-0.1, -0.05) is 30.3 Å². The van der Waals surface area contributed by atoms with Crippen molar-refractivity contribution in [1.29, 1.82) is 0 Å². The van der Waals surface area contributed by atoms with E-state index in [2.05, 4.69) is 28.9 Å². The average molecular weight is 384 g/mol. The highest BCUT2D eigenvalue weighted by Gasteiger charge is 2.38. The Morgan fingerprint density at radius 3 is 2.70 bits per heavy atom. The zero-order chi connectivity index (χ0) is 18.8. The van der Waals surface area contributed by atoms with Crippen molar-refractivity contribution in [2.75, 3.05) is 19.6 Å². The molecule has 1 atom stereocenters. The predicted molar refractivity (Wildman–Crippen MR) is 107 cm³/mol. The van der Waals surface area contributed by atoms with Gasteiger partial charge in [0.05, 0.1) is 6.04 Å². The van der Waals surface area contributed by atoms with Crippen molar-refractivity contribution in [3.05, 3.63) is 57.8 Å². The molecule has 3 amide bonds. The topological polar surface area (TPSA) is 52.7 Å². The molecule has 1 unspecified atom stereocenters. The fraction of sp³-hybridized carbons (Fsp3) is 0.429. The molecular weight excluding hydrogens is 358 g/mol. The Morgan fingerprint density at radius 1 is 1.22 bits per heavy atom. The molecule has 2 aliphatic rings. The Kier molecular flexibility index (Phi) is 5.16. The second-order valence-electron chi connectivity index (χ2n) is 7.14. The molecule has 0 spiro atoms. The first-order valence-electron chi connectivity index (χ1n) is 9.64. The minimum atomic E-state index is -0.127. The van der Waals surface area contributed by atoms with Crippen LogP contribution in [0.25, 0.3) is 0 Å². The molecule has 1 aromatic heterocycles. The van der Waals surface area contributed by atoms with E-state index in [9.17, 15) is 9.59 Å². The zero-order valence-electron chi connectivity index (χ0n) is 15.6. The van der Waals surface area contributed by atoms with Gasteiger partial charge in [0.1, 0.15) is 6.54 Å². The number of urea groups is 1. The van der Waals surface area contributed by atoms with Crippen molar-refractivity contribution in [3.63, 3.8) is 0 Å². The Bertz CT molecular complexity index is 816. The number of rotatable bonds is 5. The molecule has 1 saturated carbocycles. The number of nitrogens with one attached hydrogen (secondary N) is 1. The Hall–Kier alpha value is -2.34. The third kappa shape index (κ3) is 3.72. The maximum Gasteiger partial charge on any atom is 0.318 e. The lowest BCUT2D eigenvalue weighted by Crippen LogP contribution is -2.49. The number of carbonyl (C=O) groups excluding carboxylic acids is 2. The van der Waals surface area contributed by atoms with Crippen molar-refractivity contribution in [2.45, 2.75) is 38.3 Å². The predicted octanol–water partition coefficient (Wildman–Crippen LogP) is 3.42. The molecule has 142 valence electrons. The van der Waals surface area contributed by atoms with Crippen molar-refractivity contribution < 1.29 is 9.59 Å². The molecule has 1 aromatic carbocycles. The minimum Gasteiger partial charge on any atom is -0.338 e. The van der Waals surface area contributed by atoms with Crippen LogP contribution in [0.3, 0.4) is 0 Å². The van der Waals surface area contributed by atoms with Crippen molar-refractivity contribution in [2.24, 2.45) is 0 Å². The normalized spacial score (nSPS) is 18.7. The summed E-state index contributed by atoms with van der Waals surface area (Å²) in [6, 6.07) is 12.4. The quantitative estimate of drug-likeness (QED) is 0.860. The molecule has 1 aliphatic heterocycles. The van der Waals surface area contributed by atoms with Crippen LogP contribution in [0.1, 0.15) is 41.8 Å². The van der Waals surface area contributed by atoms with Gasteiger partial charge in [0, 0.05) is 24.0 Å². The van der Waals surface area contributed by atoms with Crippen LogP contribution in [-0.4, -0.2) is 47.4 Å². The van der Waals surface area contributed by atoms with Crippen molar-refractivity contribution in [3.8, 4) is 0 Å². The van der Waals surface area contributed by atoms with Crippen LogP contribution >= 0.6 is 11.3 Å². The lowest BCUT2D eigenvalue weighted by atomic mass is 9.93. The third-order valence-electron chi connectivity index (χ3n) is 5.28. The van der Waals surface area contributed by atoms with E-state index < -0.39 is 0 Å². The van der Waals surface area contributed by atoms with Gasteiger partial charge in [-0.15, -0.1) is 11.3 Å². The fourth-order valence-electron chi connectivity index (χ4n) is 3.82. The maximum absolute atomic E-state index is 13.3. The zero-order valence-corrected chi connectivity index (χ0v) is 16.4. The van der Waals surface area contributed by atoms with E-state index >= 15 is 0 Å². The summed E-state index contributed by atoms with van der Waals surface area (Å²) in [6.45, 7) is 3.32. The molecule has 4 rings (SSSR count). The number of amides is 3. The molecule has 2 aromatic rings. The number of nitrogens with zero attached hydrogens (tertiary/aromatic N) is 2. The summed E-state index contributed by atoms with van der Waals surface area (Å²) in [5.41, 5.74) is 2.35. The van der Waals surface area contributed by atoms with E-state index in [-0.39, 0.29) is 30.6 Å². The van der Waals surface area contributed by atoms with Crippen molar-refractivity contribution >= 4 is 23.3 Å². The van der Waals surface area contributed by atoms with Gasteiger partial charge >= 0.3 is 6.03 Å². The van der Waals surface area contributed by atoms with E-state index in [0.29, 0.717) is 13.1 Å². The molecule has 6 heteroatoms. The summed E-state index contributed by atoms with van der Waals surface area (Å²) in [4.78, 5) is 30.7. The average Bonchev–Trinajstić information content (AvgIpc) is 3.41. The van der Waals surface area contributed by atoms with Crippen LogP contribution < -0.4 is 5.32 Å². The SMILES string of the molecule is CCNC(=O)N(CC(=O)N1CCc2sccc2C1c1ccccc1)C1CC1. The van der Waals surface area contributed by atoms with E-state index in [1.54, 1.807) is 16.2 Å². The van der Waals surface area contributed by atoms with Gasteiger partial charge in [-0.25, -0.2) is 4.79 Å². The van der Waals surface area contributed by atoms with Crippen LogP contribution in [0.4, 0.5) is 4.79 Å². The van der Waals surface area contributed by atoms with Gasteiger partial charge in [-0.2, -0.15) is 0 Å². The highest BCUT2D eigenvalue weighted by atomic mass is 32.1. The lowest BCUT2D eigenvalue weighted by molar-refractivity contribution is -0.134. The molecule has 1 N–H and O–H groups in total. The fourth-order valence-corrected chi connectivity index (χ4v) is 4.73. The molecule has 5 nitrogen and oxygen atoms in total. The Labute approximate surface area is 164 Å². The summed E-state index contributed by atoms with van der Waals surface area (Å²) in [6.07, 6.45) is 2.86. The van der Waals surface area contributed by atoms with Crippen LogP contribution in [0.15, 0.2) is 41.8 Å². The molecule has 1 aliphatic carbocycles. The molecule has 0 radical (unpaired) electrons. The van der Waals surface area contributed by atoms with Crippen molar-refractivity contribution in [1.82, 2.24) is 15.1 Å². The second kappa shape index (κ2) is 7.72. The van der Waals surface area contributed by atoms with E-state index in [0.717, 1.165) is 24.8 Å². The standard InChI is InChI=1S/C21H25N3O2S/c1-2-22-21(26)24(16-8-9-16)14-19(25)23-12-10-18-17(11-13-27-18)20(23)15-6-4-3-5-7-15/h3-7,11,13,16,20H,2,8-10,12,14H2,1H3,(H,22,26). The van der Waals surface area contributed by atoms with Gasteiger partial charge in [-0.3, -0.25) is 4.79 Å². The number of fused-ring (bicyclic) bond motifs is 1. The van der Waals surface area contributed by atoms with Gasteiger partial charge in [0.25, 0.3) is 0 Å².